The molecule has 0 saturated carbocycles. The van der Waals surface area contributed by atoms with Crippen LogP contribution in [0.2, 0.25) is 0 Å². The molecule has 0 aliphatic heterocycles. The first kappa shape index (κ1) is 16.0. The average Bonchev–Trinajstić information content (AvgIpc) is 2.39. The smallest absolute Gasteiger partial charge is 0.319 e. The number of carboxylic acid groups (broad SMARTS) is 1. The third-order valence-electron chi connectivity index (χ3n) is 2.88. The van der Waals surface area contributed by atoms with Gasteiger partial charge in [-0.05, 0) is 36.6 Å². The highest BCUT2D eigenvalue weighted by Gasteiger charge is 2.10. The van der Waals surface area contributed by atoms with Gasteiger partial charge in [-0.3, -0.25) is 4.79 Å². The summed E-state index contributed by atoms with van der Waals surface area (Å²) in [6, 6.07) is 6.89. The van der Waals surface area contributed by atoms with Gasteiger partial charge < -0.3 is 21.5 Å². The zero-order chi connectivity index (χ0) is 15.0. The second kappa shape index (κ2) is 8.16. The molecule has 0 radical (unpaired) electrons. The number of urea groups is 1. The molecule has 5 N–H and O–H groups in total. The molecule has 0 aliphatic rings. The van der Waals surface area contributed by atoms with Crippen LogP contribution in [0, 0.1) is 0 Å². The number of carbonyl (C=O) groups is 2. The molecule has 0 bridgehead atoms. The summed E-state index contributed by atoms with van der Waals surface area (Å²) in [5, 5.41) is 14.1. The number of hydrogen-bond donors (Lipinski definition) is 4. The lowest BCUT2D eigenvalue weighted by atomic mass is 9.98. The largest absolute Gasteiger partial charge is 0.481 e. The number of carboxylic acids is 1. The fourth-order valence-corrected chi connectivity index (χ4v) is 1.75. The third kappa shape index (κ3) is 5.71. The van der Waals surface area contributed by atoms with Gasteiger partial charge in [-0.2, -0.15) is 0 Å². The quantitative estimate of drug-likeness (QED) is 0.570. The summed E-state index contributed by atoms with van der Waals surface area (Å²) in [6.07, 6.45) is 0.825. The van der Waals surface area contributed by atoms with Crippen LogP contribution in [0.25, 0.3) is 0 Å². The van der Waals surface area contributed by atoms with E-state index in [1.807, 2.05) is 19.1 Å². The SMILES string of the molecule is CC(CC(=O)O)c1ccc(NC(=O)NCCCN)cc1. The number of anilines is 1. The lowest BCUT2D eigenvalue weighted by Crippen LogP contribution is -2.30. The van der Waals surface area contributed by atoms with Gasteiger partial charge in [0.25, 0.3) is 0 Å². The van der Waals surface area contributed by atoms with E-state index in [9.17, 15) is 9.59 Å². The normalized spacial score (nSPS) is 11.7. The van der Waals surface area contributed by atoms with Crippen molar-refractivity contribution in [3.8, 4) is 0 Å². The summed E-state index contributed by atoms with van der Waals surface area (Å²) in [4.78, 5) is 22.2. The Morgan fingerprint density at radius 1 is 1.30 bits per heavy atom. The number of benzene rings is 1. The van der Waals surface area contributed by atoms with E-state index < -0.39 is 5.97 Å². The van der Waals surface area contributed by atoms with Crippen molar-refractivity contribution in [1.29, 1.82) is 0 Å². The van der Waals surface area contributed by atoms with Gasteiger partial charge >= 0.3 is 12.0 Å². The first-order valence-corrected chi connectivity index (χ1v) is 6.59. The topological polar surface area (TPSA) is 104 Å². The van der Waals surface area contributed by atoms with Crippen molar-refractivity contribution >= 4 is 17.7 Å². The summed E-state index contributed by atoms with van der Waals surface area (Å²) in [7, 11) is 0. The van der Waals surface area contributed by atoms with Crippen LogP contribution in [0.4, 0.5) is 10.5 Å². The van der Waals surface area contributed by atoms with Crippen LogP contribution < -0.4 is 16.4 Å². The van der Waals surface area contributed by atoms with E-state index in [1.54, 1.807) is 12.1 Å². The number of aliphatic carboxylic acids is 1. The molecule has 1 atom stereocenters. The Kier molecular flexibility index (Phi) is 6.52. The van der Waals surface area contributed by atoms with Gasteiger partial charge in [0, 0.05) is 12.2 Å². The molecule has 0 fully saturated rings. The lowest BCUT2D eigenvalue weighted by molar-refractivity contribution is -0.137. The summed E-state index contributed by atoms with van der Waals surface area (Å²) >= 11 is 0. The number of nitrogens with two attached hydrogens (primary N) is 1. The monoisotopic (exact) mass is 279 g/mol. The maximum Gasteiger partial charge on any atom is 0.319 e. The van der Waals surface area contributed by atoms with E-state index in [-0.39, 0.29) is 18.4 Å². The highest BCUT2D eigenvalue weighted by Crippen LogP contribution is 2.20. The second-order valence-electron chi connectivity index (χ2n) is 4.64. The van der Waals surface area contributed by atoms with Crippen LogP contribution in [-0.4, -0.2) is 30.2 Å². The summed E-state index contributed by atoms with van der Waals surface area (Å²) < 4.78 is 0. The second-order valence-corrected chi connectivity index (χ2v) is 4.64. The molecule has 0 spiro atoms. The molecule has 0 heterocycles. The van der Waals surface area contributed by atoms with Crippen molar-refractivity contribution in [2.45, 2.75) is 25.7 Å². The minimum Gasteiger partial charge on any atom is -0.481 e. The van der Waals surface area contributed by atoms with Crippen LogP contribution in [0.3, 0.4) is 0 Å². The first-order chi connectivity index (χ1) is 9.52. The predicted molar refractivity (Wildman–Crippen MR) is 77.8 cm³/mol. The van der Waals surface area contributed by atoms with Crippen molar-refractivity contribution < 1.29 is 14.7 Å². The van der Waals surface area contributed by atoms with Gasteiger partial charge in [0.2, 0.25) is 0 Å². The van der Waals surface area contributed by atoms with Gasteiger partial charge in [-0.1, -0.05) is 19.1 Å². The number of amides is 2. The predicted octanol–water partition coefficient (Wildman–Crippen LogP) is 1.74. The molecule has 1 unspecified atom stereocenters. The molecule has 6 nitrogen and oxygen atoms in total. The summed E-state index contributed by atoms with van der Waals surface area (Å²) in [6.45, 7) is 2.93. The van der Waals surface area contributed by atoms with Gasteiger partial charge in [0.15, 0.2) is 0 Å². The molecule has 1 rings (SSSR count). The Morgan fingerprint density at radius 3 is 2.50 bits per heavy atom. The van der Waals surface area contributed by atoms with E-state index in [4.69, 9.17) is 10.8 Å². The third-order valence-corrected chi connectivity index (χ3v) is 2.88. The van der Waals surface area contributed by atoms with E-state index >= 15 is 0 Å². The molecular formula is C14H21N3O3. The maximum absolute atomic E-state index is 11.5. The minimum absolute atomic E-state index is 0.0556. The highest BCUT2D eigenvalue weighted by atomic mass is 16.4. The van der Waals surface area contributed by atoms with E-state index in [1.165, 1.54) is 0 Å². The van der Waals surface area contributed by atoms with Crippen molar-refractivity contribution in [3.05, 3.63) is 29.8 Å². The molecule has 20 heavy (non-hydrogen) atoms. The van der Waals surface area contributed by atoms with Crippen molar-refractivity contribution in [1.82, 2.24) is 5.32 Å². The van der Waals surface area contributed by atoms with Gasteiger partial charge in [0.05, 0.1) is 6.42 Å². The molecule has 1 aromatic rings. The highest BCUT2D eigenvalue weighted by molar-refractivity contribution is 5.89. The van der Waals surface area contributed by atoms with Crippen LogP contribution in [0.15, 0.2) is 24.3 Å². The summed E-state index contributed by atoms with van der Waals surface area (Å²) in [5.74, 6) is -0.876. The fraction of sp³-hybridized carbons (Fsp3) is 0.429. The standard InChI is InChI=1S/C14H21N3O3/c1-10(9-13(18)19)11-3-5-12(6-4-11)17-14(20)16-8-2-7-15/h3-6,10H,2,7-9,15H2,1H3,(H,18,19)(H2,16,17,20). The maximum atomic E-state index is 11.5. The Balaban J connectivity index is 2.49. The van der Waals surface area contributed by atoms with Gasteiger partial charge in [-0.15, -0.1) is 0 Å². The zero-order valence-corrected chi connectivity index (χ0v) is 11.6. The Labute approximate surface area is 118 Å². The van der Waals surface area contributed by atoms with Crippen LogP contribution in [0.5, 0.6) is 0 Å². The number of carbonyl (C=O) groups excluding carboxylic acids is 1. The number of rotatable bonds is 7. The zero-order valence-electron chi connectivity index (χ0n) is 11.6. The van der Waals surface area contributed by atoms with Crippen molar-refractivity contribution in [3.63, 3.8) is 0 Å². The number of hydrogen-bond acceptors (Lipinski definition) is 3. The van der Waals surface area contributed by atoms with Gasteiger partial charge in [-0.25, -0.2) is 4.79 Å². The average molecular weight is 279 g/mol. The Bertz CT molecular complexity index is 445. The molecule has 0 aliphatic carbocycles. The molecule has 110 valence electrons. The minimum atomic E-state index is -0.820. The van der Waals surface area contributed by atoms with Crippen LogP contribution in [0.1, 0.15) is 31.2 Å². The molecule has 0 aromatic heterocycles. The van der Waals surface area contributed by atoms with Gasteiger partial charge in [0.1, 0.15) is 0 Å². The Morgan fingerprint density at radius 2 is 1.95 bits per heavy atom. The van der Waals surface area contributed by atoms with E-state index in [2.05, 4.69) is 10.6 Å². The molecule has 0 saturated heterocycles. The van der Waals surface area contributed by atoms with Crippen LogP contribution in [-0.2, 0) is 4.79 Å². The molecule has 1 aromatic carbocycles. The fourth-order valence-electron chi connectivity index (χ4n) is 1.75. The van der Waals surface area contributed by atoms with Crippen molar-refractivity contribution in [2.75, 3.05) is 18.4 Å². The Hall–Kier alpha value is -2.08. The van der Waals surface area contributed by atoms with Crippen molar-refractivity contribution in [2.24, 2.45) is 5.73 Å². The number of nitrogens with one attached hydrogen (secondary N) is 2. The molecular weight excluding hydrogens is 258 g/mol. The first-order valence-electron chi connectivity index (χ1n) is 6.59. The molecule has 6 heteroatoms. The van der Waals surface area contributed by atoms with E-state index in [0.717, 1.165) is 12.0 Å². The van der Waals surface area contributed by atoms with Crippen LogP contribution >= 0.6 is 0 Å². The molecule has 2 amide bonds. The summed E-state index contributed by atoms with van der Waals surface area (Å²) in [5.41, 5.74) is 6.93. The van der Waals surface area contributed by atoms with E-state index in [0.29, 0.717) is 18.8 Å². The lowest BCUT2D eigenvalue weighted by Gasteiger charge is -2.11.